The second-order valence-electron chi connectivity index (χ2n) is 3.48. The molecule has 0 spiro atoms. The minimum Gasteiger partial charge on any atom is -0.496 e. The van der Waals surface area contributed by atoms with Crippen molar-refractivity contribution < 1.29 is 18.3 Å². The number of hydrogen-bond donors (Lipinski definition) is 1. The van der Waals surface area contributed by atoms with Gasteiger partial charge in [-0.1, -0.05) is 6.92 Å². The number of carbonyl (C=O) groups excluding carboxylic acids is 1. The lowest BCUT2D eigenvalue weighted by Gasteiger charge is -2.09. The van der Waals surface area contributed by atoms with E-state index < -0.39 is 18.9 Å². The molecule has 0 bridgehead atoms. The van der Waals surface area contributed by atoms with Crippen LogP contribution >= 0.6 is 0 Å². The summed E-state index contributed by atoms with van der Waals surface area (Å²) in [6.45, 7) is 1.30. The van der Waals surface area contributed by atoms with Crippen LogP contribution in [0.15, 0.2) is 18.2 Å². The molecular weight excluding hydrogens is 228 g/mol. The number of methoxy groups -OCH3 is 1. The topological polar surface area (TPSA) is 38.3 Å². The summed E-state index contributed by atoms with van der Waals surface area (Å²) in [6.07, 6.45) is -1.83. The zero-order chi connectivity index (χ0) is 12.8. The van der Waals surface area contributed by atoms with Crippen LogP contribution in [-0.4, -0.2) is 26.0 Å². The van der Waals surface area contributed by atoms with Crippen molar-refractivity contribution in [3.63, 3.8) is 0 Å². The van der Waals surface area contributed by atoms with Gasteiger partial charge in [0, 0.05) is 5.56 Å². The summed E-state index contributed by atoms with van der Waals surface area (Å²) in [7, 11) is 1.55. The number of benzene rings is 1. The first-order valence-electron chi connectivity index (χ1n) is 5.31. The molecule has 5 heteroatoms. The van der Waals surface area contributed by atoms with Crippen molar-refractivity contribution in [3.05, 3.63) is 29.3 Å². The highest BCUT2D eigenvalue weighted by molar-refractivity contribution is 5.94. The number of rotatable bonds is 5. The molecule has 0 atom stereocenters. The van der Waals surface area contributed by atoms with E-state index in [2.05, 4.69) is 5.32 Å². The van der Waals surface area contributed by atoms with Gasteiger partial charge in [-0.15, -0.1) is 0 Å². The van der Waals surface area contributed by atoms with E-state index >= 15 is 0 Å². The van der Waals surface area contributed by atoms with Crippen molar-refractivity contribution in [2.24, 2.45) is 0 Å². The second-order valence-corrected chi connectivity index (χ2v) is 3.48. The summed E-state index contributed by atoms with van der Waals surface area (Å²) in [4.78, 5) is 11.5. The second kappa shape index (κ2) is 6.18. The molecule has 0 saturated carbocycles. The number of carbonyl (C=O) groups is 1. The van der Waals surface area contributed by atoms with Crippen molar-refractivity contribution >= 4 is 5.91 Å². The monoisotopic (exact) mass is 243 g/mol. The van der Waals surface area contributed by atoms with Crippen LogP contribution in [0, 0.1) is 0 Å². The maximum Gasteiger partial charge on any atom is 0.255 e. The summed E-state index contributed by atoms with van der Waals surface area (Å²) in [5, 5.41) is 2.16. The molecule has 0 unspecified atom stereocenters. The molecule has 17 heavy (non-hydrogen) atoms. The smallest absolute Gasteiger partial charge is 0.255 e. The Balaban J connectivity index is 2.81. The Morgan fingerprint density at radius 2 is 2.18 bits per heavy atom. The van der Waals surface area contributed by atoms with Crippen molar-refractivity contribution in [1.29, 1.82) is 0 Å². The standard InChI is InChI=1S/C12H15F2NO2/c1-3-8-6-9(4-5-10(8)17-2)12(16)15-7-11(13)14/h4-6,11H,3,7H2,1-2H3,(H,15,16). The Hall–Kier alpha value is -1.65. The summed E-state index contributed by atoms with van der Waals surface area (Å²) in [5.41, 5.74) is 1.24. The Morgan fingerprint density at radius 1 is 1.47 bits per heavy atom. The zero-order valence-electron chi connectivity index (χ0n) is 9.80. The molecule has 0 aliphatic heterocycles. The van der Waals surface area contributed by atoms with Gasteiger partial charge >= 0.3 is 0 Å². The van der Waals surface area contributed by atoms with E-state index in [9.17, 15) is 13.6 Å². The first-order valence-corrected chi connectivity index (χ1v) is 5.31. The van der Waals surface area contributed by atoms with E-state index in [1.165, 1.54) is 0 Å². The normalized spacial score (nSPS) is 10.4. The predicted octanol–water partition coefficient (Wildman–Crippen LogP) is 2.25. The maximum absolute atomic E-state index is 11.9. The number of nitrogens with one attached hydrogen (secondary N) is 1. The fourth-order valence-corrected chi connectivity index (χ4v) is 1.47. The van der Waals surface area contributed by atoms with Gasteiger partial charge in [0.15, 0.2) is 0 Å². The van der Waals surface area contributed by atoms with Crippen LogP contribution in [0.1, 0.15) is 22.8 Å². The molecule has 0 heterocycles. The third-order valence-corrected chi connectivity index (χ3v) is 2.34. The van der Waals surface area contributed by atoms with E-state index in [-0.39, 0.29) is 0 Å². The van der Waals surface area contributed by atoms with Crippen molar-refractivity contribution in [3.8, 4) is 5.75 Å². The fourth-order valence-electron chi connectivity index (χ4n) is 1.47. The summed E-state index contributed by atoms with van der Waals surface area (Å²) in [6, 6.07) is 4.87. The minimum atomic E-state index is -2.54. The Kier molecular flexibility index (Phi) is 4.87. The highest BCUT2D eigenvalue weighted by Gasteiger charge is 2.11. The number of amides is 1. The Labute approximate surface area is 98.8 Å². The first-order chi connectivity index (χ1) is 8.08. The fraction of sp³-hybridized carbons (Fsp3) is 0.417. The average molecular weight is 243 g/mol. The lowest BCUT2D eigenvalue weighted by molar-refractivity contribution is 0.0891. The number of ether oxygens (including phenoxy) is 1. The number of aryl methyl sites for hydroxylation is 1. The minimum absolute atomic E-state index is 0.364. The quantitative estimate of drug-likeness (QED) is 0.861. The molecule has 0 radical (unpaired) electrons. The summed E-state index contributed by atoms with van der Waals surface area (Å²) < 4.78 is 29.0. The molecule has 0 aromatic heterocycles. The highest BCUT2D eigenvalue weighted by Crippen LogP contribution is 2.20. The van der Waals surface area contributed by atoms with Crippen LogP contribution in [0.5, 0.6) is 5.75 Å². The van der Waals surface area contributed by atoms with Crippen LogP contribution in [0.3, 0.4) is 0 Å². The van der Waals surface area contributed by atoms with E-state index in [1.54, 1.807) is 25.3 Å². The van der Waals surface area contributed by atoms with Gasteiger partial charge in [0.2, 0.25) is 0 Å². The van der Waals surface area contributed by atoms with Gasteiger partial charge in [-0.05, 0) is 30.2 Å². The SMILES string of the molecule is CCc1cc(C(=O)NCC(F)F)ccc1OC. The third-order valence-electron chi connectivity index (χ3n) is 2.34. The molecule has 0 aliphatic carbocycles. The Morgan fingerprint density at radius 3 is 2.71 bits per heavy atom. The van der Waals surface area contributed by atoms with Crippen molar-refractivity contribution in [2.45, 2.75) is 19.8 Å². The molecule has 1 aromatic carbocycles. The van der Waals surface area contributed by atoms with Gasteiger partial charge in [-0.2, -0.15) is 0 Å². The largest absolute Gasteiger partial charge is 0.496 e. The molecule has 1 aromatic rings. The number of alkyl halides is 2. The molecule has 94 valence electrons. The highest BCUT2D eigenvalue weighted by atomic mass is 19.3. The molecule has 0 fully saturated rings. The molecule has 3 nitrogen and oxygen atoms in total. The molecule has 1 N–H and O–H groups in total. The summed E-state index contributed by atoms with van der Waals surface area (Å²) >= 11 is 0. The van der Waals surface area contributed by atoms with Crippen molar-refractivity contribution in [1.82, 2.24) is 5.32 Å². The molecule has 1 rings (SSSR count). The van der Waals surface area contributed by atoms with E-state index in [1.807, 2.05) is 6.92 Å². The molecule has 0 aliphatic rings. The predicted molar refractivity (Wildman–Crippen MR) is 60.7 cm³/mol. The maximum atomic E-state index is 11.9. The first kappa shape index (κ1) is 13.4. The van der Waals surface area contributed by atoms with Gasteiger partial charge in [-0.3, -0.25) is 4.79 Å². The number of hydrogen-bond acceptors (Lipinski definition) is 2. The number of halogens is 2. The Bertz CT molecular complexity index is 394. The average Bonchev–Trinajstić information content (AvgIpc) is 2.34. The van der Waals surface area contributed by atoms with Gasteiger partial charge in [-0.25, -0.2) is 8.78 Å². The molecule has 1 amide bonds. The third kappa shape index (κ3) is 3.69. The molecule has 0 saturated heterocycles. The van der Waals surface area contributed by atoms with Gasteiger partial charge in [0.05, 0.1) is 13.7 Å². The van der Waals surface area contributed by atoms with E-state index in [0.29, 0.717) is 17.7 Å². The van der Waals surface area contributed by atoms with Gasteiger partial charge in [0.1, 0.15) is 5.75 Å². The van der Waals surface area contributed by atoms with Crippen LogP contribution < -0.4 is 10.1 Å². The van der Waals surface area contributed by atoms with Crippen LogP contribution in [0.25, 0.3) is 0 Å². The van der Waals surface area contributed by atoms with E-state index in [4.69, 9.17) is 4.74 Å². The van der Waals surface area contributed by atoms with E-state index in [0.717, 1.165) is 5.56 Å². The van der Waals surface area contributed by atoms with Crippen LogP contribution in [-0.2, 0) is 6.42 Å². The summed E-state index contributed by atoms with van der Waals surface area (Å²) in [5.74, 6) is 0.195. The lowest BCUT2D eigenvalue weighted by Crippen LogP contribution is -2.28. The lowest BCUT2D eigenvalue weighted by atomic mass is 10.1. The van der Waals surface area contributed by atoms with Gasteiger partial charge < -0.3 is 10.1 Å². The zero-order valence-corrected chi connectivity index (χ0v) is 9.80. The van der Waals surface area contributed by atoms with Crippen LogP contribution in [0.4, 0.5) is 8.78 Å². The molecular formula is C12H15F2NO2. The van der Waals surface area contributed by atoms with Gasteiger partial charge in [0.25, 0.3) is 12.3 Å². The van der Waals surface area contributed by atoms with Crippen LogP contribution in [0.2, 0.25) is 0 Å². The van der Waals surface area contributed by atoms with Crippen molar-refractivity contribution in [2.75, 3.05) is 13.7 Å².